The molecule has 0 aromatic heterocycles. The number of likely N-dealkylation sites (tertiary alicyclic amines) is 1. The van der Waals surface area contributed by atoms with Crippen molar-refractivity contribution in [2.24, 2.45) is 0 Å². The molecule has 0 saturated carbocycles. The Morgan fingerprint density at radius 2 is 2.15 bits per heavy atom. The fourth-order valence-corrected chi connectivity index (χ4v) is 2.26. The van der Waals surface area contributed by atoms with Crippen LogP contribution in [0.5, 0.6) is 0 Å². The van der Waals surface area contributed by atoms with Crippen molar-refractivity contribution in [3.05, 3.63) is 28.8 Å². The maximum atomic E-state index is 12.2. The minimum absolute atomic E-state index is 0.177. The molecule has 1 fully saturated rings. The summed E-state index contributed by atoms with van der Waals surface area (Å²) in [6.07, 6.45) is 0. The predicted molar refractivity (Wildman–Crippen MR) is 73.8 cm³/mol. The summed E-state index contributed by atoms with van der Waals surface area (Å²) in [7, 11) is 0. The topological polar surface area (TPSA) is 92.9 Å². The molecular formula is C13H15ClN2O4. The molecule has 1 aliphatic rings. The van der Waals surface area contributed by atoms with E-state index in [9.17, 15) is 9.59 Å². The van der Waals surface area contributed by atoms with E-state index in [1.807, 2.05) is 0 Å². The number of nitrogens with zero attached hydrogens (tertiary/aromatic N) is 1. The van der Waals surface area contributed by atoms with E-state index in [1.165, 1.54) is 6.07 Å². The van der Waals surface area contributed by atoms with Gasteiger partial charge in [0.1, 0.15) is 12.2 Å². The number of ether oxygens (including phenoxy) is 1. The first kappa shape index (κ1) is 14.6. The second-order valence-corrected chi connectivity index (χ2v) is 5.44. The third-order valence-electron chi connectivity index (χ3n) is 3.13. The number of hydrogen-bond acceptors (Lipinski definition) is 4. The van der Waals surface area contributed by atoms with Crippen LogP contribution in [0, 0.1) is 0 Å². The quantitative estimate of drug-likeness (QED) is 0.816. The summed E-state index contributed by atoms with van der Waals surface area (Å²) in [6.45, 7) is 2.10. The number of carbonyl (C=O) groups is 2. The summed E-state index contributed by atoms with van der Waals surface area (Å²) in [4.78, 5) is 24.2. The van der Waals surface area contributed by atoms with Crippen molar-refractivity contribution < 1.29 is 19.4 Å². The standard InChI is InChI=1S/C13H15ClN2O4/c1-13(20-5-11(17)18)6-16(7-13)12(19)8-2-3-10(15)9(14)4-8/h2-4H,5-7,15H2,1H3,(H,17,18). The molecule has 1 saturated heterocycles. The lowest BCUT2D eigenvalue weighted by atomic mass is 9.95. The molecule has 2 rings (SSSR count). The second kappa shape index (κ2) is 5.30. The number of hydrogen-bond donors (Lipinski definition) is 2. The van der Waals surface area contributed by atoms with Crippen LogP contribution in [0.25, 0.3) is 0 Å². The van der Waals surface area contributed by atoms with E-state index in [4.69, 9.17) is 27.2 Å². The van der Waals surface area contributed by atoms with Gasteiger partial charge in [-0.3, -0.25) is 4.79 Å². The van der Waals surface area contributed by atoms with E-state index in [1.54, 1.807) is 24.0 Å². The highest BCUT2D eigenvalue weighted by Crippen LogP contribution is 2.28. The van der Waals surface area contributed by atoms with Gasteiger partial charge in [-0.15, -0.1) is 0 Å². The third-order valence-corrected chi connectivity index (χ3v) is 3.46. The first-order valence-corrected chi connectivity index (χ1v) is 6.39. The van der Waals surface area contributed by atoms with Gasteiger partial charge in [-0.25, -0.2) is 4.79 Å². The summed E-state index contributed by atoms with van der Waals surface area (Å²) in [5.74, 6) is -1.20. The van der Waals surface area contributed by atoms with Gasteiger partial charge in [0.15, 0.2) is 0 Å². The Bertz CT molecular complexity index is 555. The molecule has 0 aliphatic carbocycles. The molecule has 20 heavy (non-hydrogen) atoms. The lowest BCUT2D eigenvalue weighted by Gasteiger charge is -2.47. The predicted octanol–water partition coefficient (Wildman–Crippen LogP) is 1.24. The summed E-state index contributed by atoms with van der Waals surface area (Å²) in [5.41, 5.74) is 5.85. The zero-order chi connectivity index (χ0) is 14.9. The van der Waals surface area contributed by atoms with Gasteiger partial charge in [-0.05, 0) is 25.1 Å². The number of aliphatic carboxylic acids is 1. The number of carboxylic acid groups (broad SMARTS) is 1. The van der Waals surface area contributed by atoms with E-state index in [2.05, 4.69) is 0 Å². The zero-order valence-electron chi connectivity index (χ0n) is 10.9. The van der Waals surface area contributed by atoms with Crippen LogP contribution in [0.4, 0.5) is 5.69 Å². The van der Waals surface area contributed by atoms with Crippen LogP contribution in [0.2, 0.25) is 5.02 Å². The molecule has 1 aliphatic heterocycles. The molecule has 0 unspecified atom stereocenters. The van der Waals surface area contributed by atoms with Crippen molar-refractivity contribution in [2.75, 3.05) is 25.4 Å². The molecule has 108 valence electrons. The summed E-state index contributed by atoms with van der Waals surface area (Å²) in [5, 5.41) is 8.91. The minimum atomic E-state index is -1.03. The Kier molecular flexibility index (Phi) is 3.87. The third kappa shape index (κ3) is 3.02. The van der Waals surface area contributed by atoms with Crippen molar-refractivity contribution in [1.29, 1.82) is 0 Å². The number of carboxylic acids is 1. The van der Waals surface area contributed by atoms with Gasteiger partial charge >= 0.3 is 5.97 Å². The number of carbonyl (C=O) groups excluding carboxylic acids is 1. The molecule has 1 aromatic carbocycles. The number of nitrogens with two attached hydrogens (primary N) is 1. The Balaban J connectivity index is 1.96. The van der Waals surface area contributed by atoms with Gasteiger partial charge in [0.2, 0.25) is 0 Å². The average molecular weight is 299 g/mol. The fraction of sp³-hybridized carbons (Fsp3) is 0.385. The first-order chi connectivity index (χ1) is 9.31. The van der Waals surface area contributed by atoms with Crippen molar-refractivity contribution >= 4 is 29.2 Å². The van der Waals surface area contributed by atoms with E-state index >= 15 is 0 Å². The van der Waals surface area contributed by atoms with Gasteiger partial charge in [0.25, 0.3) is 5.91 Å². The van der Waals surface area contributed by atoms with Gasteiger partial charge in [0, 0.05) is 5.56 Å². The largest absolute Gasteiger partial charge is 0.480 e. The number of anilines is 1. The van der Waals surface area contributed by atoms with Gasteiger partial charge in [-0.2, -0.15) is 0 Å². The normalized spacial score (nSPS) is 16.6. The van der Waals surface area contributed by atoms with Crippen LogP contribution < -0.4 is 5.73 Å². The van der Waals surface area contributed by atoms with Crippen molar-refractivity contribution in [3.8, 4) is 0 Å². The Labute approximate surface area is 121 Å². The molecule has 0 radical (unpaired) electrons. The van der Waals surface area contributed by atoms with Crippen molar-refractivity contribution in [1.82, 2.24) is 4.90 Å². The molecule has 1 amide bonds. The average Bonchev–Trinajstić information content (AvgIpc) is 2.35. The molecule has 7 heteroatoms. The van der Waals surface area contributed by atoms with Crippen LogP contribution in [0.15, 0.2) is 18.2 Å². The first-order valence-electron chi connectivity index (χ1n) is 6.01. The molecule has 6 nitrogen and oxygen atoms in total. The van der Waals surface area contributed by atoms with E-state index in [-0.39, 0.29) is 12.5 Å². The number of halogens is 1. The van der Waals surface area contributed by atoms with Gasteiger partial charge in [0.05, 0.1) is 23.8 Å². The van der Waals surface area contributed by atoms with Crippen molar-refractivity contribution in [2.45, 2.75) is 12.5 Å². The molecule has 3 N–H and O–H groups in total. The number of amides is 1. The molecule has 1 aromatic rings. The molecule has 0 spiro atoms. The second-order valence-electron chi connectivity index (χ2n) is 5.03. The van der Waals surface area contributed by atoms with Crippen LogP contribution in [-0.2, 0) is 9.53 Å². The lowest BCUT2D eigenvalue weighted by Crippen LogP contribution is -2.63. The van der Waals surface area contributed by atoms with Gasteiger partial charge < -0.3 is 20.5 Å². The molecule has 0 bridgehead atoms. The lowest BCUT2D eigenvalue weighted by molar-refractivity contribution is -0.159. The molecule has 1 heterocycles. The van der Waals surface area contributed by atoms with Crippen molar-refractivity contribution in [3.63, 3.8) is 0 Å². The van der Waals surface area contributed by atoms with E-state index in [0.717, 1.165) is 0 Å². The molecular weight excluding hydrogens is 284 g/mol. The smallest absolute Gasteiger partial charge is 0.329 e. The number of nitrogen functional groups attached to an aromatic ring is 1. The molecule has 0 atom stereocenters. The SMILES string of the molecule is CC1(OCC(=O)O)CN(C(=O)c2ccc(N)c(Cl)c2)C1. The van der Waals surface area contributed by atoms with E-state index in [0.29, 0.717) is 29.4 Å². The Morgan fingerprint density at radius 3 is 2.70 bits per heavy atom. The highest BCUT2D eigenvalue weighted by molar-refractivity contribution is 6.33. The van der Waals surface area contributed by atoms with Gasteiger partial charge in [-0.1, -0.05) is 11.6 Å². The van der Waals surface area contributed by atoms with Crippen LogP contribution >= 0.6 is 11.6 Å². The Hall–Kier alpha value is -1.79. The van der Waals surface area contributed by atoms with Crippen LogP contribution in [0.1, 0.15) is 17.3 Å². The Morgan fingerprint density at radius 1 is 1.50 bits per heavy atom. The number of rotatable bonds is 4. The number of benzene rings is 1. The minimum Gasteiger partial charge on any atom is -0.480 e. The highest BCUT2D eigenvalue weighted by Gasteiger charge is 2.42. The van der Waals surface area contributed by atoms with E-state index < -0.39 is 11.6 Å². The monoisotopic (exact) mass is 298 g/mol. The summed E-state index contributed by atoms with van der Waals surface area (Å²) < 4.78 is 5.25. The maximum Gasteiger partial charge on any atom is 0.329 e. The highest BCUT2D eigenvalue weighted by atomic mass is 35.5. The zero-order valence-corrected chi connectivity index (χ0v) is 11.7. The summed E-state index contributed by atoms with van der Waals surface area (Å²) in [6, 6.07) is 4.71. The summed E-state index contributed by atoms with van der Waals surface area (Å²) >= 11 is 5.88. The van der Waals surface area contributed by atoms with Crippen LogP contribution in [-0.4, -0.2) is 47.2 Å². The fourth-order valence-electron chi connectivity index (χ4n) is 2.07. The van der Waals surface area contributed by atoms with Crippen LogP contribution in [0.3, 0.4) is 0 Å². The maximum absolute atomic E-state index is 12.2.